The van der Waals surface area contributed by atoms with E-state index in [-0.39, 0.29) is 17.7 Å². The average Bonchev–Trinajstić information content (AvgIpc) is 3.62. The van der Waals surface area contributed by atoms with Crippen LogP contribution in [0.4, 0.5) is 14.5 Å². The monoisotopic (exact) mass is 490 g/mol. The SMILES string of the molecule is CN(C)[C@H]1CC[C@H](n2cc(N3C(c4cn(C)c5ccc(F)cc45)=NN[C@H]3C=O)c3cc(F)ccc32)C1. The summed E-state index contributed by atoms with van der Waals surface area (Å²) in [5.74, 6) is -0.209. The van der Waals surface area contributed by atoms with Crippen LogP contribution in [-0.2, 0) is 11.8 Å². The second-order valence-corrected chi connectivity index (χ2v) is 10.00. The van der Waals surface area contributed by atoms with Crippen molar-refractivity contribution >= 4 is 39.6 Å². The first-order valence-electron chi connectivity index (χ1n) is 12.1. The fraction of sp³-hybridized carbons (Fsp3) is 0.333. The van der Waals surface area contributed by atoms with Crippen LogP contribution in [0.3, 0.4) is 0 Å². The second kappa shape index (κ2) is 8.44. The zero-order chi connectivity index (χ0) is 25.1. The molecular formula is C27H28F2N6O. The number of nitrogens with zero attached hydrogens (tertiary/aromatic N) is 5. The quantitative estimate of drug-likeness (QED) is 0.423. The molecule has 2 aromatic carbocycles. The topological polar surface area (TPSA) is 57.8 Å². The lowest BCUT2D eigenvalue weighted by Gasteiger charge is -2.23. The van der Waals surface area contributed by atoms with E-state index in [4.69, 9.17) is 0 Å². The third kappa shape index (κ3) is 3.49. The van der Waals surface area contributed by atoms with E-state index in [1.807, 2.05) is 24.0 Å². The Bertz CT molecular complexity index is 1520. The molecule has 6 rings (SSSR count). The number of amidine groups is 1. The summed E-state index contributed by atoms with van der Waals surface area (Å²) in [6, 6.07) is 10.2. The molecule has 36 heavy (non-hydrogen) atoms. The van der Waals surface area contributed by atoms with Crippen molar-refractivity contribution in [2.45, 2.75) is 37.5 Å². The van der Waals surface area contributed by atoms with Gasteiger partial charge < -0.3 is 14.0 Å². The number of aryl methyl sites for hydroxylation is 1. The molecule has 1 aliphatic carbocycles. The predicted octanol–water partition coefficient (Wildman–Crippen LogP) is 4.36. The number of halogens is 2. The summed E-state index contributed by atoms with van der Waals surface area (Å²) in [5.41, 5.74) is 6.04. The molecule has 0 saturated heterocycles. The Morgan fingerprint density at radius 3 is 2.44 bits per heavy atom. The van der Waals surface area contributed by atoms with Crippen molar-refractivity contribution in [3.8, 4) is 0 Å². The van der Waals surface area contributed by atoms with Crippen molar-refractivity contribution in [3.63, 3.8) is 0 Å². The fourth-order valence-electron chi connectivity index (χ4n) is 5.82. The molecule has 3 heterocycles. The van der Waals surface area contributed by atoms with E-state index in [2.05, 4.69) is 34.1 Å². The lowest BCUT2D eigenvalue weighted by molar-refractivity contribution is -0.109. The van der Waals surface area contributed by atoms with Crippen LogP contribution in [0.15, 0.2) is 53.9 Å². The van der Waals surface area contributed by atoms with Crippen LogP contribution in [0.25, 0.3) is 21.8 Å². The zero-order valence-corrected chi connectivity index (χ0v) is 20.4. The maximum Gasteiger partial charge on any atom is 0.177 e. The first-order chi connectivity index (χ1) is 17.4. The number of aldehydes is 1. The minimum atomic E-state index is -0.774. The zero-order valence-electron chi connectivity index (χ0n) is 20.4. The van der Waals surface area contributed by atoms with Crippen molar-refractivity contribution in [2.75, 3.05) is 19.0 Å². The van der Waals surface area contributed by atoms with E-state index < -0.39 is 6.17 Å². The molecule has 4 aromatic rings. The first-order valence-corrected chi connectivity index (χ1v) is 12.1. The Hall–Kier alpha value is -3.72. The largest absolute Gasteiger partial charge is 0.350 e. The van der Waals surface area contributed by atoms with E-state index in [0.717, 1.165) is 36.6 Å². The van der Waals surface area contributed by atoms with Gasteiger partial charge >= 0.3 is 0 Å². The molecule has 9 heteroatoms. The third-order valence-electron chi connectivity index (χ3n) is 7.66. The van der Waals surface area contributed by atoms with E-state index in [1.54, 1.807) is 17.0 Å². The van der Waals surface area contributed by atoms with E-state index in [9.17, 15) is 13.6 Å². The molecule has 1 N–H and O–H groups in total. The molecule has 3 atom stereocenters. The molecule has 1 aliphatic heterocycles. The van der Waals surface area contributed by atoms with E-state index in [1.165, 1.54) is 24.3 Å². The van der Waals surface area contributed by atoms with Crippen molar-refractivity contribution in [2.24, 2.45) is 12.1 Å². The summed E-state index contributed by atoms with van der Waals surface area (Å²) in [5, 5.41) is 5.89. The highest BCUT2D eigenvalue weighted by atomic mass is 19.1. The maximum atomic E-state index is 14.5. The molecule has 0 unspecified atom stereocenters. The lowest BCUT2D eigenvalue weighted by atomic mass is 10.1. The van der Waals surface area contributed by atoms with Crippen LogP contribution in [0.2, 0.25) is 0 Å². The number of hydrogen-bond acceptors (Lipinski definition) is 5. The molecular weight excluding hydrogens is 462 g/mol. The van der Waals surface area contributed by atoms with Crippen molar-refractivity contribution in [1.29, 1.82) is 0 Å². The molecule has 1 fully saturated rings. The summed E-state index contributed by atoms with van der Waals surface area (Å²) in [6.07, 6.45) is 6.99. The summed E-state index contributed by atoms with van der Waals surface area (Å²) in [4.78, 5) is 16.2. The molecule has 0 amide bonds. The molecule has 7 nitrogen and oxygen atoms in total. The number of fused-ring (bicyclic) bond motifs is 2. The number of rotatable bonds is 5. The van der Waals surface area contributed by atoms with Crippen LogP contribution in [0.5, 0.6) is 0 Å². The van der Waals surface area contributed by atoms with Gasteiger partial charge in [0.15, 0.2) is 18.3 Å². The van der Waals surface area contributed by atoms with Crippen LogP contribution < -0.4 is 10.3 Å². The van der Waals surface area contributed by atoms with Gasteiger partial charge in [-0.3, -0.25) is 15.1 Å². The Balaban J connectivity index is 1.51. The second-order valence-electron chi connectivity index (χ2n) is 10.00. The summed E-state index contributed by atoms with van der Waals surface area (Å²) in [7, 11) is 6.08. The highest BCUT2D eigenvalue weighted by molar-refractivity contribution is 6.21. The minimum Gasteiger partial charge on any atom is -0.350 e. The number of benzene rings is 2. The van der Waals surface area contributed by atoms with E-state index in [0.29, 0.717) is 33.9 Å². The van der Waals surface area contributed by atoms with Crippen molar-refractivity contribution < 1.29 is 13.6 Å². The van der Waals surface area contributed by atoms with Gasteiger partial charge in [0.1, 0.15) is 11.6 Å². The number of aromatic nitrogens is 2. The number of anilines is 1. The van der Waals surface area contributed by atoms with Gasteiger partial charge in [0, 0.05) is 53.4 Å². The normalized spacial score (nSPS) is 22.1. The predicted molar refractivity (Wildman–Crippen MR) is 137 cm³/mol. The molecule has 2 aromatic heterocycles. The average molecular weight is 491 g/mol. The highest BCUT2D eigenvalue weighted by Gasteiger charge is 2.35. The number of hydrogen-bond donors (Lipinski definition) is 1. The number of carbonyl (C=O) groups excluding carboxylic acids is 1. The fourth-order valence-corrected chi connectivity index (χ4v) is 5.82. The van der Waals surface area contributed by atoms with Gasteiger partial charge in [0.2, 0.25) is 0 Å². The number of nitrogens with one attached hydrogen (secondary N) is 1. The first kappa shape index (κ1) is 22.7. The molecule has 0 radical (unpaired) electrons. The molecule has 2 aliphatic rings. The lowest BCUT2D eigenvalue weighted by Crippen LogP contribution is -2.41. The molecule has 186 valence electrons. The Kier molecular flexibility index (Phi) is 5.33. The van der Waals surface area contributed by atoms with Crippen LogP contribution in [0, 0.1) is 11.6 Å². The van der Waals surface area contributed by atoms with Crippen LogP contribution in [0.1, 0.15) is 30.9 Å². The van der Waals surface area contributed by atoms with Crippen LogP contribution >= 0.6 is 0 Å². The van der Waals surface area contributed by atoms with Gasteiger partial charge in [0.05, 0.1) is 11.2 Å². The minimum absolute atomic E-state index is 0.261. The molecule has 0 spiro atoms. The Morgan fingerprint density at radius 1 is 1.03 bits per heavy atom. The summed E-state index contributed by atoms with van der Waals surface area (Å²) in [6.45, 7) is 0. The number of carbonyl (C=O) groups is 1. The summed E-state index contributed by atoms with van der Waals surface area (Å²) >= 11 is 0. The smallest absolute Gasteiger partial charge is 0.177 e. The van der Waals surface area contributed by atoms with Gasteiger partial charge in [0.25, 0.3) is 0 Å². The number of hydrazone groups is 1. The van der Waals surface area contributed by atoms with Gasteiger partial charge in [-0.05, 0) is 69.8 Å². The van der Waals surface area contributed by atoms with Gasteiger partial charge in [-0.15, -0.1) is 0 Å². The van der Waals surface area contributed by atoms with Crippen molar-refractivity contribution in [1.82, 2.24) is 19.5 Å². The Labute approximate surface area is 207 Å². The summed E-state index contributed by atoms with van der Waals surface area (Å²) < 4.78 is 32.8. The van der Waals surface area contributed by atoms with Crippen molar-refractivity contribution in [3.05, 3.63) is 66.0 Å². The Morgan fingerprint density at radius 2 is 1.75 bits per heavy atom. The van der Waals surface area contributed by atoms with Gasteiger partial charge in [-0.1, -0.05) is 0 Å². The highest BCUT2D eigenvalue weighted by Crippen LogP contribution is 2.40. The molecule has 1 saturated carbocycles. The van der Waals surface area contributed by atoms with Gasteiger partial charge in [-0.2, -0.15) is 5.10 Å². The molecule has 0 bridgehead atoms. The van der Waals surface area contributed by atoms with Gasteiger partial charge in [-0.25, -0.2) is 8.78 Å². The maximum absolute atomic E-state index is 14.5. The standard InChI is InChI=1S/C27H28F2N6O/c1-32(2)18-6-7-19(12-18)34-14-25(21-11-17(29)5-9-24(21)34)35-26(15-36)30-31-27(35)22-13-33(3)23-8-4-16(28)10-20(22)23/h4-5,8-11,13-15,18-19,26,30H,6-7,12H2,1-3H3/t18-,19-,26+/m0/s1. The van der Waals surface area contributed by atoms with E-state index >= 15 is 0 Å². The van der Waals surface area contributed by atoms with Crippen LogP contribution in [-0.4, -0.2) is 52.5 Å². The third-order valence-corrected chi connectivity index (χ3v) is 7.66.